The van der Waals surface area contributed by atoms with E-state index in [1.54, 1.807) is 11.5 Å². The first-order valence-electron chi connectivity index (χ1n) is 7.95. The van der Waals surface area contributed by atoms with Gasteiger partial charge in [0.15, 0.2) is 0 Å². The molecule has 1 atom stereocenters. The van der Waals surface area contributed by atoms with Crippen LogP contribution < -0.4 is 21.9 Å². The summed E-state index contributed by atoms with van der Waals surface area (Å²) in [6.45, 7) is 3.05. The summed E-state index contributed by atoms with van der Waals surface area (Å²) < 4.78 is 16.3. The number of nitrogens with two attached hydrogens (primary N) is 1. The molecule has 7 heteroatoms. The Bertz CT molecular complexity index is 913. The smallest absolute Gasteiger partial charge is 0.329 e. The third-order valence-corrected chi connectivity index (χ3v) is 4.84. The standard InChI is InChI=1S/C16H19FN4O2/c1-8-13-11(15(22)19-16(23)21(13)10-2-3-10)6-12(17)14(8)20-5-4-9(18)7-20/h6,9-10H,2-5,7,18H2,1H3,(H,19,22,23). The lowest BCUT2D eigenvalue weighted by molar-refractivity contribution is 0.621. The van der Waals surface area contributed by atoms with E-state index in [4.69, 9.17) is 5.73 Å². The maximum Gasteiger partial charge on any atom is 0.329 e. The van der Waals surface area contributed by atoms with E-state index in [1.807, 2.05) is 4.90 Å². The van der Waals surface area contributed by atoms with E-state index in [9.17, 15) is 14.0 Å². The molecule has 4 rings (SSSR count). The van der Waals surface area contributed by atoms with Gasteiger partial charge in [-0.2, -0.15) is 0 Å². The zero-order valence-corrected chi connectivity index (χ0v) is 12.9. The quantitative estimate of drug-likeness (QED) is 0.865. The number of H-pyrrole nitrogens is 1. The zero-order valence-electron chi connectivity index (χ0n) is 12.9. The molecule has 23 heavy (non-hydrogen) atoms. The summed E-state index contributed by atoms with van der Waals surface area (Å²) >= 11 is 0. The van der Waals surface area contributed by atoms with Crippen molar-refractivity contribution in [1.82, 2.24) is 9.55 Å². The van der Waals surface area contributed by atoms with Crippen LogP contribution in [0.4, 0.5) is 10.1 Å². The summed E-state index contributed by atoms with van der Waals surface area (Å²) in [5.74, 6) is -0.435. The lowest BCUT2D eigenvalue weighted by Gasteiger charge is -2.23. The molecule has 2 aromatic rings. The number of halogens is 1. The van der Waals surface area contributed by atoms with Crippen molar-refractivity contribution in [2.24, 2.45) is 5.73 Å². The highest BCUT2D eigenvalue weighted by Gasteiger charge is 2.30. The van der Waals surface area contributed by atoms with Gasteiger partial charge in [-0.05, 0) is 32.3 Å². The van der Waals surface area contributed by atoms with Gasteiger partial charge in [0.05, 0.1) is 16.6 Å². The number of anilines is 1. The minimum absolute atomic E-state index is 0.0225. The number of nitrogens with one attached hydrogen (secondary N) is 1. The van der Waals surface area contributed by atoms with Crippen molar-refractivity contribution in [3.63, 3.8) is 0 Å². The van der Waals surface area contributed by atoms with Crippen LogP contribution in [0.5, 0.6) is 0 Å². The van der Waals surface area contributed by atoms with Gasteiger partial charge in [-0.3, -0.25) is 14.3 Å². The average Bonchev–Trinajstić information content (AvgIpc) is 3.23. The number of rotatable bonds is 2. The number of hydrogen-bond donors (Lipinski definition) is 2. The van der Waals surface area contributed by atoms with Crippen molar-refractivity contribution in [3.8, 4) is 0 Å². The fraction of sp³-hybridized carbons (Fsp3) is 0.500. The maximum absolute atomic E-state index is 14.7. The van der Waals surface area contributed by atoms with Crippen LogP contribution in [0.1, 0.15) is 30.9 Å². The summed E-state index contributed by atoms with van der Waals surface area (Å²) in [7, 11) is 0. The Kier molecular flexibility index (Phi) is 3.09. The molecule has 1 saturated carbocycles. The highest BCUT2D eigenvalue weighted by Crippen LogP contribution is 2.38. The predicted octanol–water partition coefficient (Wildman–Crippen LogP) is 1.01. The van der Waals surface area contributed by atoms with Gasteiger partial charge in [0, 0.05) is 30.7 Å². The van der Waals surface area contributed by atoms with Crippen LogP contribution in [0.25, 0.3) is 10.9 Å². The van der Waals surface area contributed by atoms with Gasteiger partial charge in [-0.1, -0.05) is 0 Å². The minimum Gasteiger partial charge on any atom is -0.367 e. The van der Waals surface area contributed by atoms with Gasteiger partial charge >= 0.3 is 5.69 Å². The van der Waals surface area contributed by atoms with Crippen molar-refractivity contribution in [3.05, 3.63) is 38.3 Å². The molecular weight excluding hydrogens is 299 g/mol. The largest absolute Gasteiger partial charge is 0.367 e. The van der Waals surface area contributed by atoms with Crippen molar-refractivity contribution in [2.75, 3.05) is 18.0 Å². The van der Waals surface area contributed by atoms with Crippen molar-refractivity contribution >= 4 is 16.6 Å². The van der Waals surface area contributed by atoms with Crippen molar-refractivity contribution in [2.45, 2.75) is 38.3 Å². The van der Waals surface area contributed by atoms with E-state index in [0.29, 0.717) is 29.9 Å². The van der Waals surface area contributed by atoms with Crippen molar-refractivity contribution < 1.29 is 4.39 Å². The third kappa shape index (κ3) is 2.18. The van der Waals surface area contributed by atoms with E-state index in [2.05, 4.69) is 4.98 Å². The van der Waals surface area contributed by atoms with Crippen LogP contribution in [0, 0.1) is 12.7 Å². The first-order valence-corrected chi connectivity index (χ1v) is 7.95. The van der Waals surface area contributed by atoms with Gasteiger partial charge in [0.2, 0.25) is 0 Å². The SMILES string of the molecule is Cc1c(N2CCC(N)C2)c(F)cc2c(=O)[nH]c(=O)n(C3CC3)c12. The lowest BCUT2D eigenvalue weighted by atomic mass is 10.1. The topological polar surface area (TPSA) is 84.1 Å². The van der Waals surface area contributed by atoms with Gasteiger partial charge in [0.1, 0.15) is 5.82 Å². The van der Waals surface area contributed by atoms with Gasteiger partial charge in [-0.25, -0.2) is 9.18 Å². The highest BCUT2D eigenvalue weighted by atomic mass is 19.1. The van der Waals surface area contributed by atoms with Gasteiger partial charge in [-0.15, -0.1) is 0 Å². The Morgan fingerprint density at radius 3 is 2.65 bits per heavy atom. The summed E-state index contributed by atoms with van der Waals surface area (Å²) in [5.41, 5.74) is 6.65. The molecule has 1 aromatic carbocycles. The number of nitrogens with zero attached hydrogens (tertiary/aromatic N) is 2. The Morgan fingerprint density at radius 1 is 1.30 bits per heavy atom. The lowest BCUT2D eigenvalue weighted by Crippen LogP contribution is -2.32. The van der Waals surface area contributed by atoms with Crippen LogP contribution in [0.2, 0.25) is 0 Å². The molecule has 2 fully saturated rings. The van der Waals surface area contributed by atoms with E-state index in [1.165, 1.54) is 6.07 Å². The summed E-state index contributed by atoms with van der Waals surface area (Å²) in [5, 5.41) is 0.235. The Balaban J connectivity index is 2.04. The fourth-order valence-corrected chi connectivity index (χ4v) is 3.63. The van der Waals surface area contributed by atoms with E-state index in [0.717, 1.165) is 19.3 Å². The van der Waals surface area contributed by atoms with Crippen LogP contribution in [-0.4, -0.2) is 28.7 Å². The second kappa shape index (κ2) is 4.92. The van der Waals surface area contributed by atoms with Crippen LogP contribution in [0.3, 0.4) is 0 Å². The third-order valence-electron chi connectivity index (χ3n) is 4.84. The molecule has 1 aliphatic carbocycles. The van der Waals surface area contributed by atoms with Crippen molar-refractivity contribution in [1.29, 1.82) is 0 Å². The Morgan fingerprint density at radius 2 is 2.04 bits per heavy atom. The number of benzene rings is 1. The molecule has 1 aromatic heterocycles. The number of fused-ring (bicyclic) bond motifs is 1. The number of hydrogen-bond acceptors (Lipinski definition) is 4. The predicted molar refractivity (Wildman–Crippen MR) is 86.6 cm³/mol. The molecule has 1 saturated heterocycles. The maximum atomic E-state index is 14.7. The number of aryl methyl sites for hydroxylation is 1. The highest BCUT2D eigenvalue weighted by molar-refractivity contribution is 5.87. The Labute approximate surface area is 131 Å². The van der Waals surface area contributed by atoms with Crippen LogP contribution in [-0.2, 0) is 0 Å². The molecule has 2 heterocycles. The molecule has 1 unspecified atom stereocenters. The first kappa shape index (κ1) is 14.4. The fourth-order valence-electron chi connectivity index (χ4n) is 3.63. The second-order valence-electron chi connectivity index (χ2n) is 6.58. The van der Waals surface area contributed by atoms with E-state index >= 15 is 0 Å². The molecule has 6 nitrogen and oxygen atoms in total. The molecule has 2 aliphatic rings. The van der Waals surface area contributed by atoms with Crippen LogP contribution in [0.15, 0.2) is 15.7 Å². The van der Waals surface area contributed by atoms with Gasteiger partial charge < -0.3 is 10.6 Å². The normalized spacial score (nSPS) is 21.3. The molecule has 0 radical (unpaired) electrons. The summed E-state index contributed by atoms with van der Waals surface area (Å²) in [6.07, 6.45) is 2.62. The molecule has 0 amide bonds. The molecule has 3 N–H and O–H groups in total. The molecule has 122 valence electrons. The van der Waals surface area contributed by atoms with Crippen LogP contribution >= 0.6 is 0 Å². The summed E-state index contributed by atoms with van der Waals surface area (Å²) in [6, 6.07) is 1.37. The Hall–Kier alpha value is -2.15. The average molecular weight is 318 g/mol. The number of aromatic nitrogens is 2. The number of aromatic amines is 1. The molecular formula is C16H19FN4O2. The summed E-state index contributed by atoms with van der Waals surface area (Å²) in [4.78, 5) is 28.6. The monoisotopic (exact) mass is 318 g/mol. The molecule has 0 bridgehead atoms. The molecule has 0 spiro atoms. The second-order valence-corrected chi connectivity index (χ2v) is 6.58. The van der Waals surface area contributed by atoms with E-state index < -0.39 is 17.1 Å². The minimum atomic E-state index is -0.534. The van der Waals surface area contributed by atoms with E-state index in [-0.39, 0.29) is 17.5 Å². The molecule has 1 aliphatic heterocycles. The van der Waals surface area contributed by atoms with Gasteiger partial charge in [0.25, 0.3) is 5.56 Å². The zero-order chi connectivity index (χ0) is 16.3. The first-order chi connectivity index (χ1) is 11.0.